The second kappa shape index (κ2) is 6.65. The van der Waals surface area contributed by atoms with Gasteiger partial charge in [0.25, 0.3) is 0 Å². The average molecular weight is 269 g/mol. The fraction of sp³-hybridized carbons (Fsp3) is 1.00. The topological polar surface area (TPSA) is 12.0 Å². The van der Waals surface area contributed by atoms with Gasteiger partial charge in [0.15, 0.2) is 0 Å². The van der Waals surface area contributed by atoms with E-state index in [2.05, 4.69) is 37.8 Å². The Balaban J connectivity index is 1.73. The average Bonchev–Trinajstić information content (AvgIpc) is 2.93. The van der Waals surface area contributed by atoms with Gasteiger partial charge in [-0.25, -0.2) is 0 Å². The summed E-state index contributed by atoms with van der Waals surface area (Å²) in [6, 6.07) is 0. The Kier molecular flexibility index (Phi) is 5.44. The molecule has 0 bridgehead atoms. The van der Waals surface area contributed by atoms with Crippen LogP contribution in [0.2, 0.25) is 0 Å². The quantitative estimate of drug-likeness (QED) is 0.630. The smallest absolute Gasteiger partial charge is 0.000813 e. The first-order valence-electron chi connectivity index (χ1n) is 7.94. The molecule has 2 fully saturated rings. The molecule has 2 heteroatoms. The van der Waals surface area contributed by atoms with E-state index in [0.717, 1.165) is 17.8 Å². The maximum atomic E-state index is 3.74. The van der Waals surface area contributed by atoms with Gasteiger partial charge in [0.05, 0.1) is 0 Å². The molecule has 0 spiro atoms. The zero-order valence-corrected chi connectivity index (χ0v) is 13.3. The van der Waals surface area contributed by atoms with Gasteiger partial charge in [-0.05, 0) is 73.3 Å². The summed E-state index contributed by atoms with van der Waals surface area (Å²) in [5.74, 6) is 5.67. The third kappa shape index (κ3) is 4.16. The molecule has 1 nitrogen and oxygen atoms in total. The maximum absolute atomic E-state index is 3.74. The van der Waals surface area contributed by atoms with Gasteiger partial charge in [0.2, 0.25) is 0 Å². The van der Waals surface area contributed by atoms with Crippen LogP contribution in [0.3, 0.4) is 0 Å². The fourth-order valence-corrected chi connectivity index (χ4v) is 4.40. The molecule has 2 atom stereocenters. The second-order valence-corrected chi connectivity index (χ2v) is 8.38. The molecule has 0 saturated heterocycles. The second-order valence-electron chi connectivity index (χ2n) is 6.99. The number of rotatable bonds is 9. The van der Waals surface area contributed by atoms with Crippen LogP contribution in [0.25, 0.3) is 0 Å². The third-order valence-corrected chi connectivity index (χ3v) is 5.70. The summed E-state index contributed by atoms with van der Waals surface area (Å²) in [6.07, 6.45) is 7.51. The number of hydrogen-bond acceptors (Lipinski definition) is 2. The van der Waals surface area contributed by atoms with E-state index in [1.54, 1.807) is 6.42 Å². The lowest BCUT2D eigenvalue weighted by Crippen LogP contribution is -2.35. The van der Waals surface area contributed by atoms with Crippen LogP contribution in [0, 0.1) is 23.2 Å². The lowest BCUT2D eigenvalue weighted by molar-refractivity contribution is 0.226. The first kappa shape index (κ1) is 14.7. The molecule has 106 valence electrons. The Bertz CT molecular complexity index is 241. The lowest BCUT2D eigenvalue weighted by atomic mass is 9.78. The summed E-state index contributed by atoms with van der Waals surface area (Å²) >= 11 is 2.11. The minimum absolute atomic E-state index is 0.677. The van der Waals surface area contributed by atoms with Crippen LogP contribution in [0.15, 0.2) is 0 Å². The monoisotopic (exact) mass is 269 g/mol. The SMILES string of the molecule is CCSCCCC1(CNCC(C)C)CC2CC2C1. The van der Waals surface area contributed by atoms with Crippen LogP contribution in [-0.4, -0.2) is 24.6 Å². The number of hydrogen-bond donors (Lipinski definition) is 1. The van der Waals surface area contributed by atoms with Gasteiger partial charge in [-0.2, -0.15) is 11.8 Å². The van der Waals surface area contributed by atoms with Gasteiger partial charge in [-0.15, -0.1) is 0 Å². The molecule has 0 aromatic heterocycles. The van der Waals surface area contributed by atoms with Gasteiger partial charge < -0.3 is 5.32 Å². The maximum Gasteiger partial charge on any atom is 0.000813 e. The molecule has 18 heavy (non-hydrogen) atoms. The zero-order chi connectivity index (χ0) is 13.0. The van der Waals surface area contributed by atoms with Crippen molar-refractivity contribution in [2.45, 2.75) is 52.9 Å². The van der Waals surface area contributed by atoms with Gasteiger partial charge in [-0.3, -0.25) is 0 Å². The van der Waals surface area contributed by atoms with E-state index in [1.165, 1.54) is 50.3 Å². The van der Waals surface area contributed by atoms with Crippen molar-refractivity contribution in [1.82, 2.24) is 5.32 Å². The molecular formula is C16H31NS. The molecule has 0 aliphatic heterocycles. The number of fused-ring (bicyclic) bond motifs is 1. The van der Waals surface area contributed by atoms with Crippen molar-refractivity contribution in [3.05, 3.63) is 0 Å². The predicted molar refractivity (Wildman–Crippen MR) is 83.2 cm³/mol. The van der Waals surface area contributed by atoms with Crippen LogP contribution >= 0.6 is 11.8 Å². The summed E-state index contributed by atoms with van der Waals surface area (Å²) in [5, 5.41) is 3.74. The molecule has 0 heterocycles. The number of nitrogens with one attached hydrogen (secondary N) is 1. The third-order valence-electron chi connectivity index (χ3n) is 4.71. The van der Waals surface area contributed by atoms with Crippen molar-refractivity contribution in [3.8, 4) is 0 Å². The molecule has 2 aliphatic carbocycles. The van der Waals surface area contributed by atoms with Crippen molar-refractivity contribution in [1.29, 1.82) is 0 Å². The standard InChI is InChI=1S/C16H31NS/c1-4-18-7-5-6-16(12-17-11-13(2)3)9-14-8-15(14)10-16/h13-15,17H,4-12H2,1-3H3. The Hall–Kier alpha value is 0.310. The molecule has 0 amide bonds. The molecular weight excluding hydrogens is 238 g/mol. The van der Waals surface area contributed by atoms with E-state index in [0.29, 0.717) is 5.41 Å². The molecule has 0 aromatic rings. The molecule has 1 N–H and O–H groups in total. The highest BCUT2D eigenvalue weighted by Gasteiger charge is 2.52. The molecule has 0 aromatic carbocycles. The van der Waals surface area contributed by atoms with Crippen molar-refractivity contribution < 1.29 is 0 Å². The van der Waals surface area contributed by atoms with E-state index in [-0.39, 0.29) is 0 Å². The van der Waals surface area contributed by atoms with Crippen molar-refractivity contribution in [2.75, 3.05) is 24.6 Å². The van der Waals surface area contributed by atoms with Crippen LogP contribution in [0.4, 0.5) is 0 Å². The summed E-state index contributed by atoms with van der Waals surface area (Å²) in [4.78, 5) is 0. The van der Waals surface area contributed by atoms with Crippen molar-refractivity contribution in [2.24, 2.45) is 23.2 Å². The summed E-state index contributed by atoms with van der Waals surface area (Å²) in [7, 11) is 0. The van der Waals surface area contributed by atoms with Crippen LogP contribution < -0.4 is 5.32 Å². The van der Waals surface area contributed by atoms with Gasteiger partial charge in [-0.1, -0.05) is 20.8 Å². The highest BCUT2D eigenvalue weighted by Crippen LogP contribution is 2.61. The van der Waals surface area contributed by atoms with E-state index in [9.17, 15) is 0 Å². The zero-order valence-electron chi connectivity index (χ0n) is 12.5. The first-order chi connectivity index (χ1) is 8.65. The normalized spacial score (nSPS) is 34.0. The molecule has 2 aliphatic rings. The van der Waals surface area contributed by atoms with E-state index in [4.69, 9.17) is 0 Å². The van der Waals surface area contributed by atoms with Crippen molar-refractivity contribution >= 4 is 11.8 Å². The predicted octanol–water partition coefficient (Wildman–Crippen LogP) is 4.18. The van der Waals surface area contributed by atoms with E-state index < -0.39 is 0 Å². The molecule has 2 saturated carbocycles. The van der Waals surface area contributed by atoms with Crippen molar-refractivity contribution in [3.63, 3.8) is 0 Å². The Morgan fingerprint density at radius 3 is 2.61 bits per heavy atom. The fourth-order valence-electron chi connectivity index (χ4n) is 3.76. The molecule has 2 unspecified atom stereocenters. The molecule has 2 rings (SSSR count). The Morgan fingerprint density at radius 2 is 2.00 bits per heavy atom. The van der Waals surface area contributed by atoms with Crippen LogP contribution in [0.1, 0.15) is 52.9 Å². The first-order valence-corrected chi connectivity index (χ1v) is 9.09. The van der Waals surface area contributed by atoms with Gasteiger partial charge in [0, 0.05) is 6.54 Å². The molecule has 0 radical (unpaired) electrons. The largest absolute Gasteiger partial charge is 0.316 e. The van der Waals surface area contributed by atoms with Crippen LogP contribution in [-0.2, 0) is 0 Å². The highest BCUT2D eigenvalue weighted by molar-refractivity contribution is 7.99. The highest BCUT2D eigenvalue weighted by atomic mass is 32.2. The Morgan fingerprint density at radius 1 is 1.28 bits per heavy atom. The number of thioether (sulfide) groups is 1. The Labute approximate surface area is 118 Å². The van der Waals surface area contributed by atoms with E-state index in [1.807, 2.05) is 0 Å². The van der Waals surface area contributed by atoms with Gasteiger partial charge in [0.1, 0.15) is 0 Å². The minimum atomic E-state index is 0.677. The van der Waals surface area contributed by atoms with Gasteiger partial charge >= 0.3 is 0 Å². The summed E-state index contributed by atoms with van der Waals surface area (Å²) in [6.45, 7) is 9.37. The summed E-state index contributed by atoms with van der Waals surface area (Å²) in [5.41, 5.74) is 0.677. The van der Waals surface area contributed by atoms with Crippen LogP contribution in [0.5, 0.6) is 0 Å². The summed E-state index contributed by atoms with van der Waals surface area (Å²) < 4.78 is 0. The van der Waals surface area contributed by atoms with E-state index >= 15 is 0 Å². The lowest BCUT2D eigenvalue weighted by Gasteiger charge is -2.32. The minimum Gasteiger partial charge on any atom is -0.316 e.